The Morgan fingerprint density at radius 2 is 1.97 bits per heavy atom. The number of nitrogens with one attached hydrogen (secondary N) is 1. The van der Waals surface area contributed by atoms with Crippen molar-refractivity contribution in [1.82, 2.24) is 4.90 Å². The first-order chi connectivity index (χ1) is 16.1. The number of fused-ring (bicyclic) bond motifs is 2. The van der Waals surface area contributed by atoms with Gasteiger partial charge < -0.3 is 24.2 Å². The summed E-state index contributed by atoms with van der Waals surface area (Å²) in [5.74, 6) is -1.09. The van der Waals surface area contributed by atoms with Gasteiger partial charge in [-0.2, -0.15) is 0 Å². The number of rotatable bonds is 7. The van der Waals surface area contributed by atoms with Gasteiger partial charge in [-0.1, -0.05) is 48.9 Å². The summed E-state index contributed by atoms with van der Waals surface area (Å²) in [6.07, 6.45) is -0.852. The zero-order valence-electron chi connectivity index (χ0n) is 19.6. The maximum absolute atomic E-state index is 15.7. The highest BCUT2D eigenvalue weighted by molar-refractivity contribution is 6.72. The number of carbonyl (C=O) groups excluding carboxylic acids is 2. The Balaban J connectivity index is 1.65. The van der Waals surface area contributed by atoms with Crippen molar-refractivity contribution in [3.63, 3.8) is 0 Å². The highest BCUT2D eigenvalue weighted by Crippen LogP contribution is 2.59. The number of nitrogens with zero attached hydrogens (tertiary/aromatic N) is 1. The molecule has 0 unspecified atom stereocenters. The molecule has 0 saturated carbocycles. The molecule has 2 N–H and O–H groups in total. The van der Waals surface area contributed by atoms with E-state index >= 15 is 4.11 Å². The molecule has 9 heteroatoms. The largest absolute Gasteiger partial charge is 0.395 e. The number of ether oxygens (including phenoxy) is 1. The lowest BCUT2D eigenvalue weighted by atomic mass is 9.82. The van der Waals surface area contributed by atoms with Crippen LogP contribution in [0.1, 0.15) is 24.5 Å². The van der Waals surface area contributed by atoms with Crippen LogP contribution in [-0.2, 0) is 26.5 Å². The smallest absolute Gasteiger partial charge is 0.261 e. The van der Waals surface area contributed by atoms with Crippen molar-refractivity contribution >= 4 is 37.5 Å². The molecule has 2 aliphatic rings. The fraction of sp³-hybridized carbons (Fsp3) is 0.440. The van der Waals surface area contributed by atoms with Crippen molar-refractivity contribution < 1.29 is 23.5 Å². The molecular formula is C25H30ClFN2O4Si. The van der Waals surface area contributed by atoms with Gasteiger partial charge in [0.05, 0.1) is 19.1 Å². The number of aliphatic hydroxyl groups excluding tert-OH is 1. The van der Waals surface area contributed by atoms with Crippen molar-refractivity contribution in [3.8, 4) is 0 Å². The Morgan fingerprint density at radius 3 is 2.62 bits per heavy atom. The number of anilines is 1. The van der Waals surface area contributed by atoms with Gasteiger partial charge in [0.2, 0.25) is 14.3 Å². The van der Waals surface area contributed by atoms with Gasteiger partial charge >= 0.3 is 0 Å². The van der Waals surface area contributed by atoms with E-state index in [9.17, 15) is 14.7 Å². The Morgan fingerprint density at radius 1 is 1.26 bits per heavy atom. The van der Waals surface area contributed by atoms with E-state index in [1.807, 2.05) is 37.3 Å². The first-order valence-electron chi connectivity index (χ1n) is 11.5. The van der Waals surface area contributed by atoms with Crippen LogP contribution in [0, 0.1) is 5.92 Å². The summed E-state index contributed by atoms with van der Waals surface area (Å²) in [5, 5.41) is 12.8. The third kappa shape index (κ3) is 4.40. The molecule has 2 aliphatic heterocycles. The second-order valence-electron chi connectivity index (χ2n) is 9.64. The Kier molecular flexibility index (Phi) is 6.88. The molecule has 1 saturated heterocycles. The molecule has 0 radical (unpaired) electrons. The predicted molar refractivity (Wildman–Crippen MR) is 132 cm³/mol. The van der Waals surface area contributed by atoms with Gasteiger partial charge in [0.1, 0.15) is 0 Å². The number of hydrogen-bond donors (Lipinski definition) is 2. The van der Waals surface area contributed by atoms with Crippen LogP contribution in [0.4, 0.5) is 9.80 Å². The molecule has 2 aromatic carbocycles. The lowest BCUT2D eigenvalue weighted by Gasteiger charge is -2.31. The van der Waals surface area contributed by atoms with Crippen LogP contribution in [0.25, 0.3) is 0 Å². The zero-order valence-corrected chi connectivity index (χ0v) is 21.3. The van der Waals surface area contributed by atoms with E-state index in [1.54, 1.807) is 36.2 Å². The third-order valence-electron chi connectivity index (χ3n) is 6.99. The molecule has 4 rings (SSSR count). The van der Waals surface area contributed by atoms with Gasteiger partial charge in [-0.3, -0.25) is 9.59 Å². The van der Waals surface area contributed by atoms with E-state index in [0.29, 0.717) is 22.8 Å². The standard InChI is InChI=1S/C25H30ClFN2O4Si/c1-16-23(34(2,3)27)21(14-22(31)29(11-12-30)15-17-7-5-4-6-8-17)33-25(16)19-13-18(26)9-10-20(19)28-24(25)32/h4-10,13,16,21,23,30H,11-12,14-15H2,1-3H3,(H,28,32)/t16-,21+,23-,25+/m0/s1. The zero-order chi connectivity index (χ0) is 24.7. The second kappa shape index (κ2) is 9.41. The number of hydrogen-bond acceptors (Lipinski definition) is 4. The summed E-state index contributed by atoms with van der Waals surface area (Å²) in [6.45, 7) is 5.30. The molecule has 0 aliphatic carbocycles. The van der Waals surface area contributed by atoms with Crippen LogP contribution in [0.5, 0.6) is 0 Å². The molecule has 2 amide bonds. The van der Waals surface area contributed by atoms with Gasteiger partial charge in [-0.15, -0.1) is 0 Å². The van der Waals surface area contributed by atoms with E-state index < -0.39 is 31.6 Å². The van der Waals surface area contributed by atoms with E-state index in [2.05, 4.69) is 5.32 Å². The van der Waals surface area contributed by atoms with Crippen LogP contribution in [0.3, 0.4) is 0 Å². The van der Waals surface area contributed by atoms with Crippen LogP contribution in [0.15, 0.2) is 48.5 Å². The number of halogens is 2. The minimum absolute atomic E-state index is 0.0763. The van der Waals surface area contributed by atoms with Gasteiger partial charge in [0, 0.05) is 40.8 Å². The minimum atomic E-state index is -3.36. The third-order valence-corrected chi connectivity index (χ3v) is 9.68. The van der Waals surface area contributed by atoms with E-state index in [-0.39, 0.29) is 31.4 Å². The molecule has 0 bridgehead atoms. The minimum Gasteiger partial charge on any atom is -0.395 e. The van der Waals surface area contributed by atoms with E-state index in [1.165, 1.54) is 0 Å². The summed E-state index contributed by atoms with van der Waals surface area (Å²) >= 11 is 6.24. The Labute approximate surface area is 205 Å². The van der Waals surface area contributed by atoms with Crippen LogP contribution < -0.4 is 5.32 Å². The molecule has 2 heterocycles. The average molecular weight is 505 g/mol. The fourth-order valence-corrected chi connectivity index (χ4v) is 8.22. The highest BCUT2D eigenvalue weighted by atomic mass is 35.5. The van der Waals surface area contributed by atoms with Crippen LogP contribution in [-0.4, -0.2) is 49.5 Å². The van der Waals surface area contributed by atoms with E-state index in [0.717, 1.165) is 5.56 Å². The summed E-state index contributed by atoms with van der Waals surface area (Å²) in [5.41, 5.74) is 0.133. The molecule has 4 atom stereocenters. The van der Waals surface area contributed by atoms with Gasteiger partial charge in [-0.05, 0) is 36.9 Å². The topological polar surface area (TPSA) is 78.9 Å². The number of benzene rings is 2. The lowest BCUT2D eigenvalue weighted by molar-refractivity contribution is -0.148. The highest BCUT2D eigenvalue weighted by Gasteiger charge is 2.65. The normalized spacial score (nSPS) is 25.9. The molecule has 0 aromatic heterocycles. The van der Waals surface area contributed by atoms with Crippen LogP contribution >= 0.6 is 11.6 Å². The Hall–Kier alpha value is -2.26. The van der Waals surface area contributed by atoms with Crippen molar-refractivity contribution in [2.45, 2.75) is 50.2 Å². The summed E-state index contributed by atoms with van der Waals surface area (Å²) in [6, 6.07) is 14.6. The van der Waals surface area contributed by atoms with Crippen molar-refractivity contribution in [1.29, 1.82) is 0 Å². The van der Waals surface area contributed by atoms with Gasteiger partial charge in [-0.25, -0.2) is 0 Å². The van der Waals surface area contributed by atoms with Crippen LogP contribution in [0.2, 0.25) is 23.7 Å². The fourth-order valence-electron chi connectivity index (χ4n) is 5.56. The number of carbonyl (C=O) groups is 2. The molecule has 34 heavy (non-hydrogen) atoms. The second-order valence-corrected chi connectivity index (χ2v) is 13.9. The Bertz CT molecular complexity index is 1080. The number of amides is 2. The molecule has 2 aromatic rings. The first kappa shape index (κ1) is 24.8. The molecular weight excluding hydrogens is 475 g/mol. The molecule has 6 nitrogen and oxygen atoms in total. The van der Waals surface area contributed by atoms with Gasteiger partial charge in [0.15, 0.2) is 5.60 Å². The van der Waals surface area contributed by atoms with Crippen molar-refractivity contribution in [2.24, 2.45) is 5.92 Å². The molecule has 1 spiro atoms. The van der Waals surface area contributed by atoms with Crippen molar-refractivity contribution in [2.75, 3.05) is 18.5 Å². The molecule has 1 fully saturated rings. The first-order valence-corrected chi connectivity index (χ1v) is 14.8. The summed E-state index contributed by atoms with van der Waals surface area (Å²) < 4.78 is 22.1. The van der Waals surface area contributed by atoms with Crippen molar-refractivity contribution in [3.05, 3.63) is 64.7 Å². The van der Waals surface area contributed by atoms with Gasteiger partial charge in [0.25, 0.3) is 5.91 Å². The average Bonchev–Trinajstić information content (AvgIpc) is 3.22. The maximum atomic E-state index is 15.7. The summed E-state index contributed by atoms with van der Waals surface area (Å²) in [4.78, 5) is 28.2. The lowest BCUT2D eigenvalue weighted by Crippen LogP contribution is -2.42. The SMILES string of the molecule is C[C@H]1[C@H]([Si](C)(C)F)[C@@H](CC(=O)N(CCO)Cc2ccccc2)O[C@]12C(=O)Nc1ccc(Cl)cc12. The predicted octanol–water partition coefficient (Wildman–Crippen LogP) is 4.48. The molecule has 182 valence electrons. The summed E-state index contributed by atoms with van der Waals surface area (Å²) in [7, 11) is -3.36. The monoisotopic (exact) mass is 504 g/mol. The van der Waals surface area contributed by atoms with E-state index in [4.69, 9.17) is 16.3 Å². The maximum Gasteiger partial charge on any atom is 0.261 e. The quantitative estimate of drug-likeness (QED) is 0.430. The number of aliphatic hydroxyl groups is 1.